The molecule has 2 fully saturated rings. The summed E-state index contributed by atoms with van der Waals surface area (Å²) in [4.78, 5) is 11.8. The van der Waals surface area contributed by atoms with Crippen molar-refractivity contribution in [2.24, 2.45) is 5.41 Å². The average Bonchev–Trinajstić information content (AvgIpc) is 2.24. The van der Waals surface area contributed by atoms with Crippen molar-refractivity contribution in [1.29, 1.82) is 0 Å². The minimum Gasteiger partial charge on any atom is -0.481 e. The second-order valence-electron chi connectivity index (χ2n) is 7.92. The Balaban J connectivity index is 1.88. The van der Waals surface area contributed by atoms with E-state index in [0.717, 1.165) is 18.4 Å². The molecule has 1 aromatic rings. The molecule has 2 aliphatic rings. The van der Waals surface area contributed by atoms with Gasteiger partial charge in [0.1, 0.15) is 0 Å². The van der Waals surface area contributed by atoms with Crippen LogP contribution in [0.4, 0.5) is 0 Å². The normalized spacial score (nSPS) is 22.9. The molecular formula is C18H24O2. The Kier molecular flexibility index (Phi) is 2.80. The number of hydrogen-bond donors (Lipinski definition) is 1. The molecule has 0 atom stereocenters. The third-order valence-corrected chi connectivity index (χ3v) is 5.48. The Morgan fingerprint density at radius 2 is 1.65 bits per heavy atom. The van der Waals surface area contributed by atoms with E-state index in [2.05, 4.69) is 32.9 Å². The molecule has 2 heteroatoms. The van der Waals surface area contributed by atoms with Crippen LogP contribution in [0.25, 0.3) is 0 Å². The van der Waals surface area contributed by atoms with Gasteiger partial charge in [-0.1, -0.05) is 51.5 Å². The van der Waals surface area contributed by atoms with Gasteiger partial charge in [0.25, 0.3) is 0 Å². The van der Waals surface area contributed by atoms with Gasteiger partial charge in [-0.3, -0.25) is 4.79 Å². The molecule has 2 aliphatic carbocycles. The predicted molar refractivity (Wildman–Crippen MR) is 80.0 cm³/mol. The lowest BCUT2D eigenvalue weighted by Gasteiger charge is -2.59. The lowest BCUT2D eigenvalue weighted by atomic mass is 9.44. The summed E-state index contributed by atoms with van der Waals surface area (Å²) in [5, 5.41) is 9.72. The zero-order chi connectivity index (χ0) is 14.6. The van der Waals surface area contributed by atoms with Crippen LogP contribution in [0.15, 0.2) is 24.3 Å². The molecule has 1 spiro atoms. The third kappa shape index (κ3) is 1.88. The second-order valence-corrected chi connectivity index (χ2v) is 7.92. The fourth-order valence-corrected chi connectivity index (χ4v) is 4.03. The van der Waals surface area contributed by atoms with Crippen LogP contribution in [0.1, 0.15) is 64.0 Å². The van der Waals surface area contributed by atoms with Crippen molar-refractivity contribution in [1.82, 2.24) is 0 Å². The molecule has 108 valence electrons. The first-order valence-corrected chi connectivity index (χ1v) is 7.62. The van der Waals surface area contributed by atoms with Crippen molar-refractivity contribution in [3.8, 4) is 0 Å². The van der Waals surface area contributed by atoms with E-state index in [9.17, 15) is 9.90 Å². The Labute approximate surface area is 121 Å². The van der Waals surface area contributed by atoms with Gasteiger partial charge in [0.15, 0.2) is 0 Å². The van der Waals surface area contributed by atoms with Crippen molar-refractivity contribution in [3.63, 3.8) is 0 Å². The van der Waals surface area contributed by atoms with Gasteiger partial charge in [0.05, 0.1) is 5.41 Å². The first-order valence-electron chi connectivity index (χ1n) is 7.62. The van der Waals surface area contributed by atoms with Gasteiger partial charge in [-0.2, -0.15) is 0 Å². The zero-order valence-electron chi connectivity index (χ0n) is 12.7. The van der Waals surface area contributed by atoms with Gasteiger partial charge in [-0.25, -0.2) is 0 Å². The summed E-state index contributed by atoms with van der Waals surface area (Å²) in [6.07, 6.45) is 5.40. The van der Waals surface area contributed by atoms with Crippen LogP contribution in [0.2, 0.25) is 0 Å². The van der Waals surface area contributed by atoms with E-state index < -0.39 is 11.4 Å². The predicted octanol–water partition coefficient (Wildman–Crippen LogP) is 4.27. The van der Waals surface area contributed by atoms with Crippen LogP contribution in [0.3, 0.4) is 0 Å². The summed E-state index contributed by atoms with van der Waals surface area (Å²) < 4.78 is 0. The minimum atomic E-state index is -0.640. The molecule has 0 radical (unpaired) electrons. The summed E-state index contributed by atoms with van der Waals surface area (Å²) in [7, 11) is 0. The molecule has 3 rings (SSSR count). The van der Waals surface area contributed by atoms with Gasteiger partial charge >= 0.3 is 5.97 Å². The fraction of sp³-hybridized carbons (Fsp3) is 0.611. The molecule has 20 heavy (non-hydrogen) atoms. The molecular weight excluding hydrogens is 248 g/mol. The van der Waals surface area contributed by atoms with Crippen LogP contribution < -0.4 is 0 Å². The van der Waals surface area contributed by atoms with Gasteiger partial charge < -0.3 is 5.11 Å². The maximum atomic E-state index is 11.8. The Morgan fingerprint density at radius 3 is 2.00 bits per heavy atom. The standard InChI is InChI=1S/C18H24O2/c1-16(2,3)13-5-7-14(8-6-13)18(15(19)20)11-17(12-18)9-4-10-17/h5-8H,4,9-12H2,1-3H3,(H,19,20). The zero-order valence-corrected chi connectivity index (χ0v) is 12.7. The highest BCUT2D eigenvalue weighted by atomic mass is 16.4. The van der Waals surface area contributed by atoms with Gasteiger partial charge in [0.2, 0.25) is 0 Å². The van der Waals surface area contributed by atoms with E-state index in [1.165, 1.54) is 24.8 Å². The lowest BCUT2D eigenvalue weighted by Crippen LogP contribution is -2.57. The Hall–Kier alpha value is -1.31. The van der Waals surface area contributed by atoms with Crippen molar-refractivity contribution in [2.45, 2.75) is 63.7 Å². The van der Waals surface area contributed by atoms with Crippen LogP contribution in [-0.4, -0.2) is 11.1 Å². The molecule has 2 nitrogen and oxygen atoms in total. The van der Waals surface area contributed by atoms with Crippen LogP contribution in [0.5, 0.6) is 0 Å². The third-order valence-electron chi connectivity index (χ3n) is 5.48. The van der Waals surface area contributed by atoms with Crippen molar-refractivity contribution < 1.29 is 9.90 Å². The van der Waals surface area contributed by atoms with E-state index in [1.54, 1.807) is 0 Å². The first-order chi connectivity index (χ1) is 9.28. The minimum absolute atomic E-state index is 0.115. The molecule has 0 aliphatic heterocycles. The van der Waals surface area contributed by atoms with Gasteiger partial charge in [-0.05, 0) is 47.6 Å². The summed E-state index contributed by atoms with van der Waals surface area (Å²) in [5.74, 6) is -0.640. The van der Waals surface area contributed by atoms with E-state index in [1.807, 2.05) is 12.1 Å². The summed E-state index contributed by atoms with van der Waals surface area (Å²) >= 11 is 0. The van der Waals surface area contributed by atoms with E-state index >= 15 is 0 Å². The smallest absolute Gasteiger partial charge is 0.314 e. The number of rotatable bonds is 2. The fourth-order valence-electron chi connectivity index (χ4n) is 4.03. The number of carbonyl (C=O) groups is 1. The highest BCUT2D eigenvalue weighted by Gasteiger charge is 2.61. The summed E-state index contributed by atoms with van der Waals surface area (Å²) in [6, 6.07) is 8.29. The number of hydrogen-bond acceptors (Lipinski definition) is 1. The Morgan fingerprint density at radius 1 is 1.10 bits per heavy atom. The molecule has 0 saturated heterocycles. The molecule has 0 amide bonds. The highest BCUT2D eigenvalue weighted by Crippen LogP contribution is 2.65. The molecule has 1 aromatic carbocycles. The van der Waals surface area contributed by atoms with Gasteiger partial charge in [-0.15, -0.1) is 0 Å². The maximum Gasteiger partial charge on any atom is 0.314 e. The van der Waals surface area contributed by atoms with E-state index in [0.29, 0.717) is 5.41 Å². The number of benzene rings is 1. The Bertz CT molecular complexity index is 522. The van der Waals surface area contributed by atoms with E-state index in [4.69, 9.17) is 0 Å². The highest BCUT2D eigenvalue weighted by molar-refractivity contribution is 5.83. The van der Waals surface area contributed by atoms with Crippen LogP contribution in [0, 0.1) is 5.41 Å². The van der Waals surface area contributed by atoms with E-state index in [-0.39, 0.29) is 5.41 Å². The van der Waals surface area contributed by atoms with Crippen LogP contribution >= 0.6 is 0 Å². The molecule has 0 bridgehead atoms. The molecule has 1 N–H and O–H groups in total. The molecule has 0 unspecified atom stereocenters. The summed E-state index contributed by atoms with van der Waals surface area (Å²) in [6.45, 7) is 6.55. The largest absolute Gasteiger partial charge is 0.481 e. The molecule has 0 aromatic heterocycles. The first kappa shape index (κ1) is 13.7. The van der Waals surface area contributed by atoms with Crippen molar-refractivity contribution in [2.75, 3.05) is 0 Å². The van der Waals surface area contributed by atoms with Crippen LogP contribution in [-0.2, 0) is 15.6 Å². The lowest BCUT2D eigenvalue weighted by molar-refractivity contribution is -0.160. The van der Waals surface area contributed by atoms with Crippen molar-refractivity contribution in [3.05, 3.63) is 35.4 Å². The maximum absolute atomic E-state index is 11.8. The molecule has 0 heterocycles. The van der Waals surface area contributed by atoms with Gasteiger partial charge in [0, 0.05) is 0 Å². The SMILES string of the molecule is CC(C)(C)c1ccc(C2(C(=O)O)CC3(CCC3)C2)cc1. The molecule has 2 saturated carbocycles. The quantitative estimate of drug-likeness (QED) is 0.873. The number of aliphatic carboxylic acids is 1. The average molecular weight is 272 g/mol. The summed E-state index contributed by atoms with van der Waals surface area (Å²) in [5.41, 5.74) is 2.12. The number of carboxylic acid groups (broad SMARTS) is 1. The number of carboxylic acids is 1. The second kappa shape index (κ2) is 4.09. The van der Waals surface area contributed by atoms with Crippen molar-refractivity contribution >= 4 is 5.97 Å². The monoisotopic (exact) mass is 272 g/mol. The topological polar surface area (TPSA) is 37.3 Å².